The summed E-state index contributed by atoms with van der Waals surface area (Å²) in [5.74, 6) is 0. The summed E-state index contributed by atoms with van der Waals surface area (Å²) in [4.78, 5) is 0. The highest BCUT2D eigenvalue weighted by Crippen LogP contribution is 2.07. The number of hydrogen-bond donors (Lipinski definition) is 1. The molecule has 0 aliphatic heterocycles. The minimum atomic E-state index is -1.18. The van der Waals surface area contributed by atoms with Gasteiger partial charge in [-0.15, -0.1) is 0 Å². The molecule has 0 bridgehead atoms. The van der Waals surface area contributed by atoms with Gasteiger partial charge in [-0.05, 0) is 12.5 Å². The van der Waals surface area contributed by atoms with Crippen LogP contribution < -0.4 is 10.5 Å². The molecule has 4 heteroatoms. The first kappa shape index (κ1) is 15.0. The van der Waals surface area contributed by atoms with Crippen LogP contribution >= 0.6 is 0 Å². The Morgan fingerprint density at radius 1 is 1.10 bits per heavy atom. The third-order valence-electron chi connectivity index (χ3n) is 3.80. The molecule has 0 saturated heterocycles. The normalized spacial score (nSPS) is 11.8. The highest BCUT2D eigenvalue weighted by atomic mass is 28.3. The largest absolute Gasteiger partial charge is 0.308 e. The minimum Gasteiger partial charge on any atom is -0.308 e. The van der Waals surface area contributed by atoms with E-state index in [4.69, 9.17) is 0 Å². The van der Waals surface area contributed by atoms with Gasteiger partial charge in [0.15, 0.2) is 0 Å². The second kappa shape index (κ2) is 5.93. The van der Waals surface area contributed by atoms with E-state index in [1.54, 1.807) is 0 Å². The molecule has 0 unspecified atom stereocenters. The maximum absolute atomic E-state index is 4.26. The molecule has 0 radical (unpaired) electrons. The molecule has 1 N–H and O–H groups in total. The lowest BCUT2D eigenvalue weighted by atomic mass is 10.2. The first-order chi connectivity index (χ1) is 9.38. The summed E-state index contributed by atoms with van der Waals surface area (Å²) in [6.45, 7) is 11.0. The highest BCUT2D eigenvalue weighted by molar-refractivity contribution is 6.88. The third kappa shape index (κ3) is 3.58. The molecular formula is C16H25N3Si. The predicted molar refractivity (Wildman–Crippen MR) is 87.9 cm³/mol. The second-order valence-electron chi connectivity index (χ2n) is 6.43. The summed E-state index contributed by atoms with van der Waals surface area (Å²) in [6, 6.07) is 9.07. The Kier molecular flexibility index (Phi) is 4.45. The number of nitrogens with one attached hydrogen (secondary N) is 1. The van der Waals surface area contributed by atoms with Crippen molar-refractivity contribution in [3.63, 3.8) is 0 Å². The zero-order valence-electron chi connectivity index (χ0n) is 13.2. The van der Waals surface area contributed by atoms with E-state index < -0.39 is 8.07 Å². The van der Waals surface area contributed by atoms with Crippen molar-refractivity contribution in [3.8, 4) is 0 Å². The van der Waals surface area contributed by atoms with E-state index in [-0.39, 0.29) is 0 Å². The standard InChI is InChI=1S/C16H25N3Si/c1-13-15(12-18-19(13)2)11-17-10-14-6-8-16(9-7-14)20(3,4)5/h6-9,12,17H,10-11H2,1-5H3. The maximum Gasteiger partial charge on any atom is 0.0775 e. The van der Waals surface area contributed by atoms with E-state index in [0.717, 1.165) is 13.1 Å². The molecule has 0 amide bonds. The van der Waals surface area contributed by atoms with E-state index in [1.165, 1.54) is 22.0 Å². The van der Waals surface area contributed by atoms with Crippen molar-refractivity contribution in [2.24, 2.45) is 7.05 Å². The van der Waals surface area contributed by atoms with E-state index in [2.05, 4.69) is 61.2 Å². The SMILES string of the molecule is Cc1c(CNCc2ccc([Si](C)(C)C)cc2)cnn1C. The average Bonchev–Trinajstić information content (AvgIpc) is 2.70. The Morgan fingerprint density at radius 3 is 2.25 bits per heavy atom. The van der Waals surface area contributed by atoms with E-state index in [1.807, 2.05) is 17.9 Å². The molecular weight excluding hydrogens is 262 g/mol. The molecule has 20 heavy (non-hydrogen) atoms. The van der Waals surface area contributed by atoms with Crippen molar-refractivity contribution in [1.82, 2.24) is 15.1 Å². The summed E-state index contributed by atoms with van der Waals surface area (Å²) >= 11 is 0. The number of aromatic nitrogens is 2. The number of hydrogen-bond acceptors (Lipinski definition) is 2. The van der Waals surface area contributed by atoms with Crippen molar-refractivity contribution in [2.45, 2.75) is 39.7 Å². The zero-order valence-corrected chi connectivity index (χ0v) is 14.2. The van der Waals surface area contributed by atoms with Gasteiger partial charge in [-0.2, -0.15) is 5.10 Å². The van der Waals surface area contributed by atoms with Crippen LogP contribution in [0.3, 0.4) is 0 Å². The number of nitrogens with zero attached hydrogens (tertiary/aromatic N) is 2. The van der Waals surface area contributed by atoms with Crippen LogP contribution in [0.15, 0.2) is 30.5 Å². The van der Waals surface area contributed by atoms with Crippen molar-refractivity contribution in [2.75, 3.05) is 0 Å². The molecule has 0 fully saturated rings. The summed E-state index contributed by atoms with van der Waals surface area (Å²) in [5.41, 5.74) is 3.84. The fraction of sp³-hybridized carbons (Fsp3) is 0.438. The molecule has 1 aromatic heterocycles. The molecule has 3 nitrogen and oxygen atoms in total. The van der Waals surface area contributed by atoms with Crippen molar-refractivity contribution >= 4 is 13.3 Å². The van der Waals surface area contributed by atoms with Gasteiger partial charge >= 0.3 is 0 Å². The van der Waals surface area contributed by atoms with Crippen LogP contribution in [0, 0.1) is 6.92 Å². The highest BCUT2D eigenvalue weighted by Gasteiger charge is 2.15. The van der Waals surface area contributed by atoms with Crippen molar-refractivity contribution in [1.29, 1.82) is 0 Å². The summed E-state index contributed by atoms with van der Waals surface area (Å²) < 4.78 is 1.92. The second-order valence-corrected chi connectivity index (χ2v) is 11.5. The minimum absolute atomic E-state index is 0.870. The van der Waals surface area contributed by atoms with Crippen LogP contribution in [0.4, 0.5) is 0 Å². The van der Waals surface area contributed by atoms with Gasteiger partial charge in [-0.1, -0.05) is 49.1 Å². The Labute approximate surface area is 123 Å². The molecule has 2 rings (SSSR count). The fourth-order valence-corrected chi connectivity index (χ4v) is 3.35. The molecule has 0 spiro atoms. The monoisotopic (exact) mass is 287 g/mol. The molecule has 2 aromatic rings. The Hall–Kier alpha value is -1.39. The van der Waals surface area contributed by atoms with E-state index >= 15 is 0 Å². The van der Waals surface area contributed by atoms with Crippen molar-refractivity contribution in [3.05, 3.63) is 47.3 Å². The van der Waals surface area contributed by atoms with Crippen LogP contribution in [0.5, 0.6) is 0 Å². The van der Waals surface area contributed by atoms with Gasteiger partial charge in [0.2, 0.25) is 0 Å². The Morgan fingerprint density at radius 2 is 1.75 bits per heavy atom. The lowest BCUT2D eigenvalue weighted by molar-refractivity contribution is 0.685. The van der Waals surface area contributed by atoms with Gasteiger partial charge in [-0.25, -0.2) is 0 Å². The number of benzene rings is 1. The lowest BCUT2D eigenvalue weighted by Gasteiger charge is -2.16. The van der Waals surface area contributed by atoms with Gasteiger partial charge < -0.3 is 5.32 Å². The first-order valence-electron chi connectivity index (χ1n) is 7.15. The van der Waals surface area contributed by atoms with Gasteiger partial charge in [0.05, 0.1) is 14.3 Å². The van der Waals surface area contributed by atoms with Gasteiger partial charge in [0, 0.05) is 31.4 Å². The van der Waals surface area contributed by atoms with Gasteiger partial charge in [-0.3, -0.25) is 4.68 Å². The summed E-state index contributed by atoms with van der Waals surface area (Å²) in [7, 11) is 0.804. The lowest BCUT2D eigenvalue weighted by Crippen LogP contribution is -2.37. The van der Waals surface area contributed by atoms with Crippen LogP contribution in [0.25, 0.3) is 0 Å². The predicted octanol–water partition coefficient (Wildman–Crippen LogP) is 2.56. The third-order valence-corrected chi connectivity index (χ3v) is 5.87. The molecule has 0 saturated carbocycles. The fourth-order valence-electron chi connectivity index (χ4n) is 2.18. The number of rotatable bonds is 5. The van der Waals surface area contributed by atoms with Gasteiger partial charge in [0.1, 0.15) is 0 Å². The van der Waals surface area contributed by atoms with E-state index in [0.29, 0.717) is 0 Å². The molecule has 1 aromatic carbocycles. The van der Waals surface area contributed by atoms with Gasteiger partial charge in [0.25, 0.3) is 0 Å². The summed E-state index contributed by atoms with van der Waals surface area (Å²) in [5, 5.41) is 9.27. The quantitative estimate of drug-likeness (QED) is 0.857. The average molecular weight is 287 g/mol. The maximum atomic E-state index is 4.26. The first-order valence-corrected chi connectivity index (χ1v) is 10.7. The molecule has 0 atom stereocenters. The van der Waals surface area contributed by atoms with Crippen molar-refractivity contribution < 1.29 is 0 Å². The smallest absolute Gasteiger partial charge is 0.0775 e. The van der Waals surface area contributed by atoms with Crippen LogP contribution in [0.1, 0.15) is 16.8 Å². The zero-order chi connectivity index (χ0) is 14.8. The molecule has 108 valence electrons. The van der Waals surface area contributed by atoms with E-state index in [9.17, 15) is 0 Å². The topological polar surface area (TPSA) is 29.9 Å². The van der Waals surface area contributed by atoms with Crippen LogP contribution in [0.2, 0.25) is 19.6 Å². The van der Waals surface area contributed by atoms with Crippen LogP contribution in [-0.2, 0) is 20.1 Å². The molecule has 1 heterocycles. The Bertz CT molecular complexity index is 564. The molecule has 0 aliphatic carbocycles. The Balaban J connectivity index is 1.90. The number of aryl methyl sites for hydroxylation is 1. The summed E-state index contributed by atoms with van der Waals surface area (Å²) in [6.07, 6.45) is 1.94. The molecule has 0 aliphatic rings. The van der Waals surface area contributed by atoms with Crippen LogP contribution in [-0.4, -0.2) is 17.9 Å².